The summed E-state index contributed by atoms with van der Waals surface area (Å²) in [7, 11) is 0. The highest BCUT2D eigenvalue weighted by Gasteiger charge is 2.28. The molecule has 0 radical (unpaired) electrons. The second-order valence-corrected chi connectivity index (χ2v) is 4.35. The fourth-order valence-corrected chi connectivity index (χ4v) is 2.27. The summed E-state index contributed by atoms with van der Waals surface area (Å²) in [4.78, 5) is 0. The first-order chi connectivity index (χ1) is 5.86. The highest BCUT2D eigenvalue weighted by molar-refractivity contribution is 4.81. The van der Waals surface area contributed by atoms with Crippen molar-refractivity contribution in [2.75, 3.05) is 13.1 Å². The second kappa shape index (κ2) is 3.75. The Kier molecular flexibility index (Phi) is 2.66. The van der Waals surface area contributed by atoms with E-state index in [9.17, 15) is 5.11 Å². The van der Waals surface area contributed by atoms with E-state index in [0.29, 0.717) is 5.92 Å². The van der Waals surface area contributed by atoms with Crippen molar-refractivity contribution >= 4 is 0 Å². The van der Waals surface area contributed by atoms with Crippen molar-refractivity contribution in [2.45, 2.75) is 38.2 Å². The third kappa shape index (κ3) is 1.80. The van der Waals surface area contributed by atoms with Crippen LogP contribution in [0.25, 0.3) is 0 Å². The number of nitrogens with one attached hydrogen (secondary N) is 1. The molecule has 2 rings (SSSR count). The van der Waals surface area contributed by atoms with Crippen molar-refractivity contribution in [2.24, 2.45) is 11.8 Å². The molecule has 0 bridgehead atoms. The molecule has 1 aliphatic carbocycles. The maximum absolute atomic E-state index is 9.80. The van der Waals surface area contributed by atoms with Gasteiger partial charge in [-0.15, -0.1) is 0 Å². The molecule has 0 aromatic carbocycles. The summed E-state index contributed by atoms with van der Waals surface area (Å²) in [6.45, 7) is 2.28. The molecular weight excluding hydrogens is 150 g/mol. The second-order valence-electron chi connectivity index (χ2n) is 4.35. The van der Waals surface area contributed by atoms with E-state index in [4.69, 9.17) is 0 Å². The predicted molar refractivity (Wildman–Crippen MR) is 48.9 cm³/mol. The van der Waals surface area contributed by atoms with Crippen molar-refractivity contribution < 1.29 is 5.11 Å². The average molecular weight is 169 g/mol. The monoisotopic (exact) mass is 169 g/mol. The quantitative estimate of drug-likeness (QED) is 0.664. The van der Waals surface area contributed by atoms with Gasteiger partial charge in [0.15, 0.2) is 0 Å². The molecular formula is C10H19NO. The summed E-state index contributed by atoms with van der Waals surface area (Å²) in [6.07, 6.45) is 6.18. The molecule has 1 aliphatic heterocycles. The van der Waals surface area contributed by atoms with Crippen LogP contribution >= 0.6 is 0 Å². The minimum Gasteiger partial charge on any atom is -0.393 e. The van der Waals surface area contributed by atoms with E-state index in [2.05, 4.69) is 5.32 Å². The van der Waals surface area contributed by atoms with Gasteiger partial charge in [-0.2, -0.15) is 0 Å². The Balaban J connectivity index is 1.69. The Labute approximate surface area is 74.4 Å². The largest absolute Gasteiger partial charge is 0.393 e. The molecule has 2 heteroatoms. The predicted octanol–water partition coefficient (Wildman–Crippen LogP) is 1.15. The van der Waals surface area contributed by atoms with Crippen molar-refractivity contribution in [1.29, 1.82) is 0 Å². The lowest BCUT2D eigenvalue weighted by molar-refractivity contribution is 0.0443. The van der Waals surface area contributed by atoms with Gasteiger partial charge in [-0.3, -0.25) is 0 Å². The van der Waals surface area contributed by atoms with E-state index >= 15 is 0 Å². The summed E-state index contributed by atoms with van der Waals surface area (Å²) >= 11 is 0. The van der Waals surface area contributed by atoms with E-state index in [0.717, 1.165) is 25.4 Å². The molecule has 0 aromatic heterocycles. The third-order valence-electron chi connectivity index (χ3n) is 3.43. The summed E-state index contributed by atoms with van der Waals surface area (Å²) in [5.74, 6) is 1.39. The number of aliphatic hydroxyl groups excluding tert-OH is 1. The Morgan fingerprint density at radius 2 is 2.17 bits per heavy atom. The van der Waals surface area contributed by atoms with Crippen LogP contribution in [0.4, 0.5) is 0 Å². The van der Waals surface area contributed by atoms with Crippen LogP contribution in [0.5, 0.6) is 0 Å². The maximum Gasteiger partial charge on any atom is 0.0571 e. The van der Waals surface area contributed by atoms with E-state index < -0.39 is 0 Å². The van der Waals surface area contributed by atoms with Crippen LogP contribution in [0.1, 0.15) is 32.1 Å². The third-order valence-corrected chi connectivity index (χ3v) is 3.43. The van der Waals surface area contributed by atoms with Crippen molar-refractivity contribution in [3.8, 4) is 0 Å². The average Bonchev–Trinajstić information content (AvgIpc) is 2.34. The van der Waals surface area contributed by atoms with Gasteiger partial charge in [-0.05, 0) is 50.6 Å². The van der Waals surface area contributed by atoms with Gasteiger partial charge in [0.1, 0.15) is 0 Å². The molecule has 2 fully saturated rings. The van der Waals surface area contributed by atoms with Crippen LogP contribution in [0, 0.1) is 11.8 Å². The first-order valence-corrected chi connectivity index (χ1v) is 5.25. The van der Waals surface area contributed by atoms with Crippen molar-refractivity contribution in [1.82, 2.24) is 5.32 Å². The summed E-state index contributed by atoms with van der Waals surface area (Å²) in [6, 6.07) is 0. The minimum atomic E-state index is 0.00338. The van der Waals surface area contributed by atoms with Crippen LogP contribution in [0.3, 0.4) is 0 Å². The normalized spacial score (nSPS) is 33.2. The fourth-order valence-electron chi connectivity index (χ4n) is 2.27. The molecule has 1 heterocycles. The van der Waals surface area contributed by atoms with Crippen LogP contribution in [0.15, 0.2) is 0 Å². The van der Waals surface area contributed by atoms with Gasteiger partial charge in [0.25, 0.3) is 0 Å². The van der Waals surface area contributed by atoms with Gasteiger partial charge in [0.05, 0.1) is 6.10 Å². The Morgan fingerprint density at radius 1 is 1.33 bits per heavy atom. The van der Waals surface area contributed by atoms with Gasteiger partial charge >= 0.3 is 0 Å². The van der Waals surface area contributed by atoms with Gasteiger partial charge in [-0.25, -0.2) is 0 Å². The molecule has 0 amide bonds. The number of hydrogen-bond donors (Lipinski definition) is 2. The van der Waals surface area contributed by atoms with Crippen molar-refractivity contribution in [3.63, 3.8) is 0 Å². The molecule has 2 atom stereocenters. The summed E-state index contributed by atoms with van der Waals surface area (Å²) in [5, 5.41) is 13.1. The van der Waals surface area contributed by atoms with E-state index in [1.54, 1.807) is 0 Å². The molecule has 70 valence electrons. The fraction of sp³-hybridized carbons (Fsp3) is 1.00. The molecule has 2 unspecified atom stereocenters. The molecule has 2 N–H and O–H groups in total. The van der Waals surface area contributed by atoms with Crippen LogP contribution < -0.4 is 5.32 Å². The molecule has 2 nitrogen and oxygen atoms in total. The zero-order chi connectivity index (χ0) is 8.39. The smallest absolute Gasteiger partial charge is 0.0571 e. The molecule has 0 spiro atoms. The lowest BCUT2D eigenvalue weighted by Gasteiger charge is -2.31. The first kappa shape index (κ1) is 8.52. The Morgan fingerprint density at radius 3 is 2.67 bits per heavy atom. The lowest BCUT2D eigenvalue weighted by Crippen LogP contribution is -2.29. The minimum absolute atomic E-state index is 0.00338. The molecule has 0 aromatic rings. The maximum atomic E-state index is 9.80. The first-order valence-electron chi connectivity index (χ1n) is 5.25. The molecule has 1 saturated carbocycles. The topological polar surface area (TPSA) is 32.3 Å². The Hall–Kier alpha value is -0.0800. The van der Waals surface area contributed by atoms with E-state index in [-0.39, 0.29) is 6.10 Å². The van der Waals surface area contributed by atoms with E-state index in [1.165, 1.54) is 25.7 Å². The highest BCUT2D eigenvalue weighted by Crippen LogP contribution is 2.32. The zero-order valence-electron chi connectivity index (χ0n) is 7.63. The Bertz CT molecular complexity index is 139. The van der Waals surface area contributed by atoms with Crippen LogP contribution in [-0.4, -0.2) is 24.3 Å². The van der Waals surface area contributed by atoms with Gasteiger partial charge in [0.2, 0.25) is 0 Å². The van der Waals surface area contributed by atoms with Gasteiger partial charge < -0.3 is 10.4 Å². The number of rotatable bonds is 3. The van der Waals surface area contributed by atoms with Crippen LogP contribution in [-0.2, 0) is 0 Å². The number of hydrogen-bond acceptors (Lipinski definition) is 2. The molecule has 2 aliphatic rings. The summed E-state index contributed by atoms with van der Waals surface area (Å²) in [5.41, 5.74) is 0. The van der Waals surface area contributed by atoms with Gasteiger partial charge in [-0.1, -0.05) is 6.42 Å². The standard InChI is InChI=1S/C10H19NO/c12-10(9-2-1-3-9)6-8-4-5-11-7-8/h8-12H,1-7H2. The SMILES string of the molecule is OC(CC1CCNC1)C1CCC1. The van der Waals surface area contributed by atoms with E-state index in [1.807, 2.05) is 0 Å². The summed E-state index contributed by atoms with van der Waals surface area (Å²) < 4.78 is 0. The lowest BCUT2D eigenvalue weighted by atomic mass is 9.78. The van der Waals surface area contributed by atoms with Gasteiger partial charge in [0, 0.05) is 0 Å². The van der Waals surface area contributed by atoms with Crippen molar-refractivity contribution in [3.05, 3.63) is 0 Å². The molecule has 1 saturated heterocycles. The van der Waals surface area contributed by atoms with Crippen LogP contribution in [0.2, 0.25) is 0 Å². The molecule has 12 heavy (non-hydrogen) atoms. The zero-order valence-corrected chi connectivity index (χ0v) is 7.63. The highest BCUT2D eigenvalue weighted by atomic mass is 16.3. The number of aliphatic hydroxyl groups is 1.